The molecule has 0 bridgehead atoms. The molecule has 0 aliphatic rings. The fourth-order valence-corrected chi connectivity index (χ4v) is 0.653. The molecule has 54 valence electrons. The van der Waals surface area contributed by atoms with Crippen LogP contribution in [0.1, 0.15) is 40.5 Å². The number of hydrogen-bond acceptors (Lipinski definition) is 1. The maximum Gasteiger partial charge on any atom is -0.0102 e. The van der Waals surface area contributed by atoms with Crippen molar-refractivity contribution in [1.29, 1.82) is 0 Å². The fourth-order valence-electron chi connectivity index (χ4n) is 0.551. The van der Waals surface area contributed by atoms with Gasteiger partial charge in [-0.15, -0.1) is 0 Å². The van der Waals surface area contributed by atoms with E-state index in [9.17, 15) is 0 Å². The Hall–Kier alpha value is 0.0900. The molecule has 9 heavy (non-hydrogen) atoms. The van der Waals surface area contributed by atoms with Gasteiger partial charge in [0.15, 0.2) is 0 Å². The molecule has 0 aromatic carbocycles. The van der Waals surface area contributed by atoms with E-state index in [0.29, 0.717) is 5.41 Å². The van der Waals surface area contributed by atoms with Crippen LogP contribution in [0.15, 0.2) is 0 Å². The lowest BCUT2D eigenvalue weighted by molar-refractivity contribution is 0.386. The number of hydrogen-bond donors (Lipinski definition) is 0. The van der Waals surface area contributed by atoms with E-state index in [4.69, 9.17) is 12.2 Å². The van der Waals surface area contributed by atoms with Crippen LogP contribution in [0.3, 0.4) is 0 Å². The summed E-state index contributed by atoms with van der Waals surface area (Å²) in [6.07, 6.45) is 2.31. The van der Waals surface area contributed by atoms with Gasteiger partial charge in [-0.2, -0.15) is 0 Å². The molecule has 0 radical (unpaired) electrons. The Bertz CT molecular complexity index is 97.6. The second-order valence-corrected chi connectivity index (χ2v) is 4.46. The van der Waals surface area contributed by atoms with Gasteiger partial charge in [-0.1, -0.05) is 33.0 Å². The summed E-state index contributed by atoms with van der Waals surface area (Å²) in [6, 6.07) is 0. The molecule has 0 aliphatic heterocycles. The summed E-state index contributed by atoms with van der Waals surface area (Å²) < 4.78 is 0. The van der Waals surface area contributed by atoms with Gasteiger partial charge in [0.25, 0.3) is 0 Å². The van der Waals surface area contributed by atoms with E-state index in [1.807, 2.05) is 6.92 Å². The van der Waals surface area contributed by atoms with E-state index in [1.54, 1.807) is 0 Å². The first-order chi connectivity index (χ1) is 3.92. The van der Waals surface area contributed by atoms with Gasteiger partial charge < -0.3 is 0 Å². The van der Waals surface area contributed by atoms with Gasteiger partial charge in [-0.3, -0.25) is 0 Å². The molecule has 0 heterocycles. The van der Waals surface area contributed by atoms with Crippen LogP contribution in [-0.2, 0) is 0 Å². The van der Waals surface area contributed by atoms with E-state index < -0.39 is 0 Å². The molecule has 0 rings (SSSR count). The van der Waals surface area contributed by atoms with Gasteiger partial charge in [0.1, 0.15) is 0 Å². The SMILES string of the molecule is CC(=S)CCC(C)(C)C. The van der Waals surface area contributed by atoms with Gasteiger partial charge in [0.05, 0.1) is 0 Å². The van der Waals surface area contributed by atoms with Gasteiger partial charge in [0.2, 0.25) is 0 Å². The lowest BCUT2D eigenvalue weighted by atomic mass is 9.90. The zero-order chi connectivity index (χ0) is 7.49. The topological polar surface area (TPSA) is 0 Å². The normalized spacial score (nSPS) is 11.6. The van der Waals surface area contributed by atoms with Gasteiger partial charge in [-0.05, 0) is 30.0 Å². The third-order valence-corrected chi connectivity index (χ3v) is 1.43. The first kappa shape index (κ1) is 9.09. The molecule has 0 spiro atoms. The molecule has 0 aromatic heterocycles. The average Bonchev–Trinajstić information content (AvgIpc) is 1.59. The van der Waals surface area contributed by atoms with E-state index in [2.05, 4.69) is 20.8 Å². The molecule has 0 aromatic rings. The molecule has 0 saturated carbocycles. The molecular formula is C8H16S. The van der Waals surface area contributed by atoms with Crippen molar-refractivity contribution in [2.24, 2.45) is 5.41 Å². The molecule has 0 aliphatic carbocycles. The predicted molar refractivity (Wildman–Crippen MR) is 47.0 cm³/mol. The maximum atomic E-state index is 4.96. The minimum atomic E-state index is 0.445. The highest BCUT2D eigenvalue weighted by molar-refractivity contribution is 7.80. The largest absolute Gasteiger partial charge is 0.0900 e. The molecule has 0 saturated heterocycles. The van der Waals surface area contributed by atoms with Crippen LogP contribution in [0.25, 0.3) is 0 Å². The molecule has 0 amide bonds. The Morgan fingerprint density at radius 1 is 1.33 bits per heavy atom. The van der Waals surface area contributed by atoms with Crippen molar-refractivity contribution < 1.29 is 0 Å². The molecule has 0 unspecified atom stereocenters. The minimum absolute atomic E-state index is 0.445. The first-order valence-electron chi connectivity index (χ1n) is 3.41. The van der Waals surface area contributed by atoms with Crippen molar-refractivity contribution in [3.05, 3.63) is 0 Å². The van der Waals surface area contributed by atoms with Crippen molar-refractivity contribution in [2.45, 2.75) is 40.5 Å². The average molecular weight is 144 g/mol. The summed E-state index contributed by atoms with van der Waals surface area (Å²) in [4.78, 5) is 1.13. The monoisotopic (exact) mass is 144 g/mol. The Kier molecular flexibility index (Phi) is 3.34. The van der Waals surface area contributed by atoms with E-state index >= 15 is 0 Å². The lowest BCUT2D eigenvalue weighted by Crippen LogP contribution is -2.05. The first-order valence-corrected chi connectivity index (χ1v) is 3.82. The van der Waals surface area contributed by atoms with Crippen molar-refractivity contribution >= 4 is 17.1 Å². The van der Waals surface area contributed by atoms with Crippen LogP contribution in [0.2, 0.25) is 0 Å². The molecule has 0 atom stereocenters. The molecule has 1 heteroatoms. The van der Waals surface area contributed by atoms with Crippen LogP contribution in [0.4, 0.5) is 0 Å². The fraction of sp³-hybridized carbons (Fsp3) is 0.875. The quantitative estimate of drug-likeness (QED) is 0.536. The summed E-state index contributed by atoms with van der Waals surface area (Å²) in [5, 5.41) is 0. The Labute approximate surface area is 63.7 Å². The molecule has 0 fully saturated rings. The zero-order valence-corrected chi connectivity index (χ0v) is 7.64. The predicted octanol–water partition coefficient (Wildman–Crippen LogP) is 3.20. The van der Waals surface area contributed by atoms with Crippen molar-refractivity contribution in [1.82, 2.24) is 0 Å². The lowest BCUT2D eigenvalue weighted by Gasteiger charge is -2.16. The van der Waals surface area contributed by atoms with Gasteiger partial charge in [0, 0.05) is 0 Å². The maximum absolute atomic E-state index is 4.96. The van der Waals surface area contributed by atoms with Crippen molar-refractivity contribution in [2.75, 3.05) is 0 Å². The molecule has 0 N–H and O–H groups in total. The second-order valence-electron chi connectivity index (χ2n) is 3.76. The molecule has 0 nitrogen and oxygen atoms in total. The third-order valence-electron chi connectivity index (χ3n) is 1.23. The Morgan fingerprint density at radius 2 is 1.78 bits per heavy atom. The summed E-state index contributed by atoms with van der Waals surface area (Å²) in [7, 11) is 0. The number of rotatable bonds is 2. The van der Waals surface area contributed by atoms with E-state index in [0.717, 1.165) is 11.3 Å². The highest BCUT2D eigenvalue weighted by Gasteiger charge is 2.08. The van der Waals surface area contributed by atoms with Crippen LogP contribution in [0.5, 0.6) is 0 Å². The van der Waals surface area contributed by atoms with E-state index in [-0.39, 0.29) is 0 Å². The second kappa shape index (κ2) is 3.31. The minimum Gasteiger partial charge on any atom is -0.0900 e. The van der Waals surface area contributed by atoms with Crippen molar-refractivity contribution in [3.63, 3.8) is 0 Å². The third kappa shape index (κ3) is 8.09. The van der Waals surface area contributed by atoms with Crippen LogP contribution in [0, 0.1) is 5.41 Å². The summed E-state index contributed by atoms with van der Waals surface area (Å²) in [6.45, 7) is 8.74. The van der Waals surface area contributed by atoms with Gasteiger partial charge >= 0.3 is 0 Å². The number of thiocarbonyl (C=S) groups is 1. The highest BCUT2D eigenvalue weighted by Crippen LogP contribution is 2.20. The van der Waals surface area contributed by atoms with Gasteiger partial charge in [-0.25, -0.2) is 0 Å². The van der Waals surface area contributed by atoms with Crippen LogP contribution in [-0.4, -0.2) is 4.86 Å². The summed E-state index contributed by atoms with van der Waals surface area (Å²) in [5.74, 6) is 0. The molecular weight excluding hydrogens is 128 g/mol. The Balaban J connectivity index is 3.39. The summed E-state index contributed by atoms with van der Waals surface area (Å²) >= 11 is 4.96. The zero-order valence-electron chi connectivity index (χ0n) is 6.82. The van der Waals surface area contributed by atoms with Crippen LogP contribution < -0.4 is 0 Å². The van der Waals surface area contributed by atoms with Crippen molar-refractivity contribution in [3.8, 4) is 0 Å². The Morgan fingerprint density at radius 3 is 1.89 bits per heavy atom. The smallest absolute Gasteiger partial charge is 0.0102 e. The highest BCUT2D eigenvalue weighted by atomic mass is 32.1. The van der Waals surface area contributed by atoms with Crippen LogP contribution >= 0.6 is 12.2 Å². The van der Waals surface area contributed by atoms with E-state index in [1.165, 1.54) is 6.42 Å². The summed E-state index contributed by atoms with van der Waals surface area (Å²) in [5.41, 5.74) is 0.445. The standard InChI is InChI=1S/C8H16S/c1-7(9)5-6-8(2,3)4/h5-6H2,1-4H3.